The number of benzene rings is 2. The molecule has 0 aliphatic carbocycles. The second kappa shape index (κ2) is 12.4. The van der Waals surface area contributed by atoms with Crippen molar-refractivity contribution in [3.63, 3.8) is 0 Å². The van der Waals surface area contributed by atoms with Crippen LogP contribution >= 0.6 is 24.2 Å². The molecule has 0 bridgehead atoms. The molecule has 0 aliphatic heterocycles. The van der Waals surface area contributed by atoms with Gasteiger partial charge in [0.2, 0.25) is 0 Å². The average Bonchev–Trinajstić information content (AvgIpc) is 3.22. The number of nitrogens with two attached hydrogens (primary N) is 1. The Bertz CT molecular complexity index is 963. The monoisotopic (exact) mass is 461 g/mol. The van der Waals surface area contributed by atoms with E-state index < -0.39 is 12.0 Å². The molecule has 6 nitrogen and oxygen atoms in total. The molecule has 0 saturated heterocycles. The van der Waals surface area contributed by atoms with Crippen LogP contribution in [0.2, 0.25) is 0 Å². The standard InChI is InChI=1S/C23H27N3O3S.ClH/c1-30-20-11-9-17(10-12-20)15-29-22-8-3-2-5-18(22)6-4-7-19(27)13-26-14-21(23(24)28)25-16-26;/h2-3,5,8-12,14,16,19,27H,4,6-7,13,15H2,1H3,(H2,24,28);1H/t19-;/m0./s1. The molecule has 3 aromatic rings. The summed E-state index contributed by atoms with van der Waals surface area (Å²) < 4.78 is 7.73. The quantitative estimate of drug-likeness (QED) is 0.420. The van der Waals surface area contributed by atoms with Gasteiger partial charge in [-0.25, -0.2) is 4.98 Å². The first-order valence-electron chi connectivity index (χ1n) is 9.88. The molecule has 0 saturated carbocycles. The van der Waals surface area contributed by atoms with Crippen LogP contribution in [0.1, 0.15) is 34.5 Å². The third-order valence-corrected chi connectivity index (χ3v) is 5.56. The van der Waals surface area contributed by atoms with Crippen molar-refractivity contribution in [2.45, 2.75) is 43.4 Å². The van der Waals surface area contributed by atoms with Crippen molar-refractivity contribution < 1.29 is 14.6 Å². The number of rotatable bonds is 11. The summed E-state index contributed by atoms with van der Waals surface area (Å²) in [6, 6.07) is 16.4. The molecule has 1 heterocycles. The molecule has 0 radical (unpaired) electrons. The van der Waals surface area contributed by atoms with E-state index in [0.29, 0.717) is 19.6 Å². The summed E-state index contributed by atoms with van der Waals surface area (Å²) in [6.07, 6.45) is 6.87. The summed E-state index contributed by atoms with van der Waals surface area (Å²) in [7, 11) is 0. The van der Waals surface area contributed by atoms with E-state index in [1.807, 2.05) is 18.2 Å². The van der Waals surface area contributed by atoms with Gasteiger partial charge in [0.05, 0.1) is 12.4 Å². The topological polar surface area (TPSA) is 90.4 Å². The number of aryl methyl sites for hydroxylation is 1. The number of carbonyl (C=O) groups is 1. The fraction of sp³-hybridized carbons (Fsp3) is 0.304. The van der Waals surface area contributed by atoms with Crippen molar-refractivity contribution in [3.8, 4) is 5.75 Å². The lowest BCUT2D eigenvalue weighted by Crippen LogP contribution is -2.15. The molecule has 166 valence electrons. The van der Waals surface area contributed by atoms with E-state index in [2.05, 4.69) is 41.6 Å². The van der Waals surface area contributed by atoms with Crippen molar-refractivity contribution in [1.29, 1.82) is 0 Å². The van der Waals surface area contributed by atoms with E-state index in [0.717, 1.165) is 29.7 Å². The van der Waals surface area contributed by atoms with Gasteiger partial charge in [-0.15, -0.1) is 24.2 Å². The van der Waals surface area contributed by atoms with Crippen molar-refractivity contribution >= 4 is 30.1 Å². The third-order valence-electron chi connectivity index (χ3n) is 4.82. The minimum atomic E-state index is -0.569. The number of halogens is 1. The summed E-state index contributed by atoms with van der Waals surface area (Å²) in [5.41, 5.74) is 7.67. The lowest BCUT2D eigenvalue weighted by Gasteiger charge is -2.14. The predicted molar refractivity (Wildman–Crippen MR) is 126 cm³/mol. The zero-order valence-corrected chi connectivity index (χ0v) is 19.1. The molecule has 1 amide bonds. The molecule has 31 heavy (non-hydrogen) atoms. The summed E-state index contributed by atoms with van der Waals surface area (Å²) in [5, 5.41) is 10.3. The van der Waals surface area contributed by atoms with Gasteiger partial charge in [-0.1, -0.05) is 30.3 Å². The van der Waals surface area contributed by atoms with Crippen LogP contribution in [0.4, 0.5) is 0 Å². The number of aliphatic hydroxyl groups excluding tert-OH is 1. The molecule has 3 rings (SSSR count). The number of aliphatic hydroxyl groups is 1. The Morgan fingerprint density at radius 2 is 1.97 bits per heavy atom. The van der Waals surface area contributed by atoms with Crippen LogP contribution in [0.15, 0.2) is 66.0 Å². The highest BCUT2D eigenvalue weighted by Gasteiger charge is 2.10. The zero-order valence-electron chi connectivity index (χ0n) is 17.4. The first-order chi connectivity index (χ1) is 14.5. The fourth-order valence-electron chi connectivity index (χ4n) is 3.18. The van der Waals surface area contributed by atoms with Crippen LogP contribution in [0.5, 0.6) is 5.75 Å². The molecule has 1 aromatic heterocycles. The van der Waals surface area contributed by atoms with Gasteiger partial charge < -0.3 is 20.1 Å². The molecule has 0 spiro atoms. The maximum Gasteiger partial charge on any atom is 0.268 e. The first kappa shape index (κ1) is 24.8. The van der Waals surface area contributed by atoms with Gasteiger partial charge >= 0.3 is 0 Å². The molecule has 0 unspecified atom stereocenters. The number of carbonyl (C=O) groups excluding carboxylic acids is 1. The maximum atomic E-state index is 11.1. The zero-order chi connectivity index (χ0) is 21.3. The maximum absolute atomic E-state index is 11.1. The van der Waals surface area contributed by atoms with Crippen molar-refractivity contribution in [2.24, 2.45) is 5.73 Å². The minimum absolute atomic E-state index is 0. The summed E-state index contributed by atoms with van der Waals surface area (Å²) in [6.45, 7) is 0.904. The number of amides is 1. The number of hydrogen-bond donors (Lipinski definition) is 2. The summed E-state index contributed by atoms with van der Waals surface area (Å²) >= 11 is 1.72. The Morgan fingerprint density at radius 3 is 2.65 bits per heavy atom. The Labute approximate surface area is 193 Å². The van der Waals surface area contributed by atoms with Crippen molar-refractivity contribution in [3.05, 3.63) is 77.9 Å². The van der Waals surface area contributed by atoms with Gasteiger partial charge in [0.25, 0.3) is 5.91 Å². The van der Waals surface area contributed by atoms with E-state index >= 15 is 0 Å². The fourth-order valence-corrected chi connectivity index (χ4v) is 3.59. The number of primary amides is 1. The van der Waals surface area contributed by atoms with E-state index in [9.17, 15) is 9.90 Å². The van der Waals surface area contributed by atoms with Crippen LogP contribution in [-0.2, 0) is 19.6 Å². The second-order valence-electron chi connectivity index (χ2n) is 7.11. The second-order valence-corrected chi connectivity index (χ2v) is 7.99. The number of thioether (sulfide) groups is 1. The number of para-hydroxylation sites is 1. The number of ether oxygens (including phenoxy) is 1. The minimum Gasteiger partial charge on any atom is -0.489 e. The van der Waals surface area contributed by atoms with E-state index in [1.54, 1.807) is 22.5 Å². The van der Waals surface area contributed by atoms with Crippen LogP contribution in [0.3, 0.4) is 0 Å². The van der Waals surface area contributed by atoms with E-state index in [4.69, 9.17) is 10.5 Å². The van der Waals surface area contributed by atoms with Crippen LogP contribution in [-0.4, -0.2) is 32.9 Å². The molecule has 0 aliphatic rings. The van der Waals surface area contributed by atoms with Crippen LogP contribution in [0.25, 0.3) is 0 Å². The normalized spacial score (nSPS) is 11.5. The average molecular weight is 462 g/mol. The Hall–Kier alpha value is -2.48. The predicted octanol–water partition coefficient (Wildman–Crippen LogP) is 4.09. The van der Waals surface area contributed by atoms with Crippen LogP contribution < -0.4 is 10.5 Å². The molecule has 3 N–H and O–H groups in total. The molecule has 2 aromatic carbocycles. The highest BCUT2D eigenvalue weighted by molar-refractivity contribution is 7.98. The molecule has 8 heteroatoms. The first-order valence-corrected chi connectivity index (χ1v) is 11.1. The Balaban J connectivity index is 0.00000341. The largest absolute Gasteiger partial charge is 0.489 e. The van der Waals surface area contributed by atoms with Gasteiger partial charge in [-0.05, 0) is 54.8 Å². The number of imidazole rings is 1. The van der Waals surface area contributed by atoms with Crippen molar-refractivity contribution in [1.82, 2.24) is 9.55 Å². The molecule has 0 fully saturated rings. The SMILES string of the molecule is CSc1ccc(COc2ccccc2CCC[C@H](O)Cn2cnc(C(N)=O)c2)cc1.Cl. The van der Waals surface area contributed by atoms with Gasteiger partial charge in [-0.3, -0.25) is 4.79 Å². The van der Waals surface area contributed by atoms with Crippen LogP contribution in [0, 0.1) is 0 Å². The lowest BCUT2D eigenvalue weighted by atomic mass is 10.0. The molecular formula is C23H28ClN3O3S. The van der Waals surface area contributed by atoms with E-state index in [1.165, 1.54) is 11.2 Å². The summed E-state index contributed by atoms with van der Waals surface area (Å²) in [5.74, 6) is 0.307. The van der Waals surface area contributed by atoms with Crippen molar-refractivity contribution in [2.75, 3.05) is 6.26 Å². The Kier molecular flexibility index (Phi) is 9.91. The number of nitrogens with zero attached hydrogens (tertiary/aromatic N) is 2. The van der Waals surface area contributed by atoms with Gasteiger partial charge in [-0.2, -0.15) is 0 Å². The molecule has 1 atom stereocenters. The highest BCUT2D eigenvalue weighted by Crippen LogP contribution is 2.22. The smallest absolute Gasteiger partial charge is 0.268 e. The number of aromatic nitrogens is 2. The number of hydrogen-bond acceptors (Lipinski definition) is 5. The third kappa shape index (κ3) is 7.61. The summed E-state index contributed by atoms with van der Waals surface area (Å²) in [4.78, 5) is 16.3. The molecular weight excluding hydrogens is 434 g/mol. The highest BCUT2D eigenvalue weighted by atomic mass is 35.5. The van der Waals surface area contributed by atoms with Gasteiger partial charge in [0.1, 0.15) is 18.1 Å². The Morgan fingerprint density at radius 1 is 1.23 bits per heavy atom. The van der Waals surface area contributed by atoms with E-state index in [-0.39, 0.29) is 18.1 Å². The van der Waals surface area contributed by atoms with Gasteiger partial charge in [0, 0.05) is 17.6 Å². The van der Waals surface area contributed by atoms with Gasteiger partial charge in [0.15, 0.2) is 0 Å². The lowest BCUT2D eigenvalue weighted by molar-refractivity contribution is 0.0995.